The molecule has 9 nitrogen and oxygen atoms in total. The van der Waals surface area contributed by atoms with E-state index in [1.165, 1.54) is 35.5 Å². The standard InChI is InChI=1S/C27H23F4N5O4/c1-36(2)25(38)15-5-14(6-16(28)7-15)18-10-33-24-22(18)21(3-4-32-24)40-23-19(29)8-17(9-20(23)30)35-26-34-11-27(31,12-37)13-39-26/h3-10,37H,11-13H2,1-2H3,(H,32,33)(H,34,35)/t27-/m1/s1. The zero-order valence-electron chi connectivity index (χ0n) is 21.3. The quantitative estimate of drug-likeness (QED) is 0.298. The molecule has 0 saturated carbocycles. The largest absolute Gasteiger partial charge is 0.461 e. The van der Waals surface area contributed by atoms with E-state index in [0.717, 1.165) is 18.2 Å². The molecule has 0 spiro atoms. The molecule has 0 radical (unpaired) electrons. The van der Waals surface area contributed by atoms with Gasteiger partial charge in [0.25, 0.3) is 11.9 Å². The topological polar surface area (TPSA) is 112 Å². The van der Waals surface area contributed by atoms with E-state index in [4.69, 9.17) is 14.6 Å². The van der Waals surface area contributed by atoms with Gasteiger partial charge < -0.3 is 29.8 Å². The number of aliphatic imine (C=N–C) groups is 1. The van der Waals surface area contributed by atoms with Crippen molar-refractivity contribution in [2.24, 2.45) is 4.99 Å². The van der Waals surface area contributed by atoms with Gasteiger partial charge in [-0.15, -0.1) is 0 Å². The fraction of sp³-hybridized carbons (Fsp3) is 0.222. The van der Waals surface area contributed by atoms with Crippen LogP contribution in [0.25, 0.3) is 22.2 Å². The first kappa shape index (κ1) is 26.9. The highest BCUT2D eigenvalue weighted by atomic mass is 19.1. The second-order valence-electron chi connectivity index (χ2n) is 9.38. The lowest BCUT2D eigenvalue weighted by molar-refractivity contribution is 0.0181. The zero-order valence-corrected chi connectivity index (χ0v) is 21.3. The van der Waals surface area contributed by atoms with Crippen LogP contribution in [0.3, 0.4) is 0 Å². The Morgan fingerprint density at radius 2 is 1.95 bits per heavy atom. The number of H-pyrrole nitrogens is 1. The van der Waals surface area contributed by atoms with Crippen molar-refractivity contribution in [3.05, 3.63) is 71.8 Å². The van der Waals surface area contributed by atoms with Crippen LogP contribution in [0.2, 0.25) is 0 Å². The number of carbonyl (C=O) groups excluding carboxylic acids is 1. The maximum absolute atomic E-state index is 15.1. The van der Waals surface area contributed by atoms with Crippen LogP contribution >= 0.6 is 0 Å². The van der Waals surface area contributed by atoms with Gasteiger partial charge in [-0.1, -0.05) is 0 Å². The van der Waals surface area contributed by atoms with Gasteiger partial charge >= 0.3 is 0 Å². The summed E-state index contributed by atoms with van der Waals surface area (Å²) in [6, 6.07) is 6.94. The summed E-state index contributed by atoms with van der Waals surface area (Å²) in [6.07, 6.45) is 2.89. The van der Waals surface area contributed by atoms with Crippen LogP contribution in [0.4, 0.5) is 23.2 Å². The maximum Gasteiger partial charge on any atom is 0.289 e. The van der Waals surface area contributed by atoms with Gasteiger partial charge in [0.1, 0.15) is 23.8 Å². The molecule has 3 N–H and O–H groups in total. The van der Waals surface area contributed by atoms with Crippen LogP contribution in [0.15, 0.2) is 53.8 Å². The van der Waals surface area contributed by atoms with Gasteiger partial charge in [0.05, 0.1) is 18.5 Å². The molecule has 0 unspecified atom stereocenters. The number of benzene rings is 2. The lowest BCUT2D eigenvalue weighted by Gasteiger charge is -2.26. The smallest absolute Gasteiger partial charge is 0.289 e. The van der Waals surface area contributed by atoms with Crippen molar-refractivity contribution in [2.75, 3.05) is 39.2 Å². The number of carbonyl (C=O) groups is 1. The molecule has 2 aromatic heterocycles. The third-order valence-electron chi connectivity index (χ3n) is 6.12. The predicted octanol–water partition coefficient (Wildman–Crippen LogP) is 4.64. The molecule has 0 aliphatic carbocycles. The highest BCUT2D eigenvalue weighted by Gasteiger charge is 2.34. The van der Waals surface area contributed by atoms with Crippen molar-refractivity contribution in [3.63, 3.8) is 0 Å². The van der Waals surface area contributed by atoms with E-state index in [1.807, 2.05) is 0 Å². The molecule has 0 fully saturated rings. The Morgan fingerprint density at radius 3 is 2.60 bits per heavy atom. The molecule has 0 saturated heterocycles. The number of aromatic amines is 1. The Morgan fingerprint density at radius 1 is 1.20 bits per heavy atom. The second-order valence-corrected chi connectivity index (χ2v) is 9.38. The number of aliphatic hydroxyl groups excluding tert-OH is 1. The van der Waals surface area contributed by atoms with E-state index in [-0.39, 0.29) is 29.6 Å². The van der Waals surface area contributed by atoms with Gasteiger partial charge in [0.15, 0.2) is 23.1 Å². The average Bonchev–Trinajstić information content (AvgIpc) is 3.36. The molecule has 5 rings (SSSR count). The molecule has 1 amide bonds. The van der Waals surface area contributed by atoms with Gasteiger partial charge in [-0.25, -0.2) is 27.5 Å². The van der Waals surface area contributed by atoms with E-state index < -0.39 is 48.0 Å². The SMILES string of the molecule is CN(C)C(=O)c1cc(F)cc(-c2c[nH]c3nccc(Oc4c(F)cc(NC5=NC[C@@](F)(CO)CO5)cc4F)c23)c1. The minimum absolute atomic E-state index is 0.0211. The van der Waals surface area contributed by atoms with E-state index in [2.05, 4.69) is 20.3 Å². The van der Waals surface area contributed by atoms with Crippen LogP contribution in [0.5, 0.6) is 11.5 Å². The van der Waals surface area contributed by atoms with Gasteiger partial charge in [-0.05, 0) is 29.8 Å². The first-order valence-electron chi connectivity index (χ1n) is 12.0. The van der Waals surface area contributed by atoms with Crippen molar-refractivity contribution in [2.45, 2.75) is 5.67 Å². The Balaban J connectivity index is 1.47. The monoisotopic (exact) mass is 557 g/mol. The maximum atomic E-state index is 15.1. The second kappa shape index (κ2) is 10.5. The minimum Gasteiger partial charge on any atom is -0.461 e. The third-order valence-corrected chi connectivity index (χ3v) is 6.12. The Labute approximate surface area is 225 Å². The van der Waals surface area contributed by atoms with E-state index in [0.29, 0.717) is 22.2 Å². The number of halogens is 4. The Kier molecular flexibility index (Phi) is 7.06. The predicted molar refractivity (Wildman–Crippen MR) is 139 cm³/mol. The number of amidine groups is 1. The molecule has 2 aromatic carbocycles. The number of hydrogen-bond acceptors (Lipinski definition) is 7. The average molecular weight is 558 g/mol. The Hall–Kier alpha value is -4.65. The number of aromatic nitrogens is 2. The van der Waals surface area contributed by atoms with Gasteiger partial charge in [0.2, 0.25) is 0 Å². The number of pyridine rings is 1. The highest BCUT2D eigenvalue weighted by molar-refractivity contribution is 6.00. The number of ether oxygens (including phenoxy) is 2. The summed E-state index contributed by atoms with van der Waals surface area (Å²) < 4.78 is 69.4. The molecule has 1 atom stereocenters. The van der Waals surface area contributed by atoms with E-state index in [9.17, 15) is 13.6 Å². The van der Waals surface area contributed by atoms with E-state index >= 15 is 8.78 Å². The van der Waals surface area contributed by atoms with Gasteiger partial charge in [-0.2, -0.15) is 0 Å². The third kappa shape index (κ3) is 5.27. The molecular formula is C27H23F4N5O4. The molecule has 3 heterocycles. The van der Waals surface area contributed by atoms with Gasteiger partial charge in [-0.3, -0.25) is 4.79 Å². The van der Waals surface area contributed by atoms with Crippen molar-refractivity contribution in [1.82, 2.24) is 14.9 Å². The lowest BCUT2D eigenvalue weighted by Crippen LogP contribution is -2.43. The van der Waals surface area contributed by atoms with E-state index in [1.54, 1.807) is 14.1 Å². The first-order valence-corrected chi connectivity index (χ1v) is 12.0. The van der Waals surface area contributed by atoms with Crippen LogP contribution < -0.4 is 10.1 Å². The fourth-order valence-corrected chi connectivity index (χ4v) is 4.10. The number of alkyl halides is 1. The number of rotatable bonds is 6. The summed E-state index contributed by atoms with van der Waals surface area (Å²) in [5.74, 6) is -3.89. The highest BCUT2D eigenvalue weighted by Crippen LogP contribution is 2.39. The molecule has 208 valence electrons. The van der Waals surface area contributed by atoms with Crippen molar-refractivity contribution >= 4 is 28.6 Å². The number of amides is 1. The Bertz CT molecular complexity index is 1620. The molecule has 1 aliphatic heterocycles. The van der Waals surface area contributed by atoms with Crippen molar-refractivity contribution < 1.29 is 36.9 Å². The van der Waals surface area contributed by atoms with Crippen LogP contribution in [0.1, 0.15) is 10.4 Å². The van der Waals surface area contributed by atoms with Crippen LogP contribution in [-0.4, -0.2) is 71.4 Å². The summed E-state index contributed by atoms with van der Waals surface area (Å²) in [4.78, 5) is 24.7. The molecule has 13 heteroatoms. The first-order chi connectivity index (χ1) is 19.1. The molecule has 0 bridgehead atoms. The number of hydrogen-bond donors (Lipinski definition) is 3. The summed E-state index contributed by atoms with van der Waals surface area (Å²) >= 11 is 0. The molecule has 1 aliphatic rings. The van der Waals surface area contributed by atoms with Crippen LogP contribution in [-0.2, 0) is 4.74 Å². The summed E-state index contributed by atoms with van der Waals surface area (Å²) in [6.45, 7) is -1.64. The van der Waals surface area contributed by atoms with Crippen molar-refractivity contribution in [1.29, 1.82) is 0 Å². The molecular weight excluding hydrogens is 534 g/mol. The lowest BCUT2D eigenvalue weighted by atomic mass is 10.0. The molecule has 40 heavy (non-hydrogen) atoms. The summed E-state index contributed by atoms with van der Waals surface area (Å²) in [7, 11) is 3.08. The number of nitrogens with one attached hydrogen (secondary N) is 2. The summed E-state index contributed by atoms with van der Waals surface area (Å²) in [5, 5.41) is 11.9. The normalized spacial score (nSPS) is 16.8. The van der Waals surface area contributed by atoms with Crippen molar-refractivity contribution in [3.8, 4) is 22.6 Å². The fourth-order valence-electron chi connectivity index (χ4n) is 4.10. The summed E-state index contributed by atoms with van der Waals surface area (Å²) in [5.41, 5.74) is -0.972. The molecule has 4 aromatic rings. The van der Waals surface area contributed by atoms with Gasteiger partial charge in [0, 0.05) is 55.4 Å². The minimum atomic E-state index is -2.03. The van der Waals surface area contributed by atoms with Crippen LogP contribution in [0, 0.1) is 17.5 Å². The number of aliphatic hydroxyl groups is 1. The number of fused-ring (bicyclic) bond motifs is 1. The number of nitrogens with zero attached hydrogens (tertiary/aromatic N) is 3. The zero-order chi connectivity index (χ0) is 28.6. The number of anilines is 1.